The zero-order valence-corrected chi connectivity index (χ0v) is 18.8. The molecule has 1 unspecified atom stereocenters. The van der Waals surface area contributed by atoms with Crippen LogP contribution in [0, 0.1) is 11.8 Å². The number of likely N-dealkylation sites (tertiary alicyclic amines) is 2. The molecule has 28 heavy (non-hydrogen) atoms. The van der Waals surface area contributed by atoms with Gasteiger partial charge in [0, 0.05) is 33.1 Å². The van der Waals surface area contributed by atoms with Gasteiger partial charge < -0.3 is 16.0 Å². The van der Waals surface area contributed by atoms with Crippen LogP contribution in [-0.2, 0) is 4.79 Å². The van der Waals surface area contributed by atoms with Crippen molar-refractivity contribution in [2.45, 2.75) is 44.7 Å². The Hall–Kier alpha value is -0.780. The predicted molar refractivity (Wildman–Crippen MR) is 115 cm³/mol. The molecule has 0 saturated carbocycles. The number of hydrogen-bond donors (Lipinski definition) is 2. The molecule has 3 N–H and O–H groups in total. The number of alkyl halides is 3. The molecule has 0 spiro atoms. The van der Waals surface area contributed by atoms with Gasteiger partial charge in [0.2, 0.25) is 5.91 Å². The van der Waals surface area contributed by atoms with Gasteiger partial charge in [-0.2, -0.15) is 13.2 Å². The van der Waals surface area contributed by atoms with Crippen molar-refractivity contribution in [3.8, 4) is 0 Å². The van der Waals surface area contributed by atoms with Gasteiger partial charge in [-0.15, -0.1) is 24.0 Å². The second-order valence-corrected chi connectivity index (χ2v) is 7.72. The normalized spacial score (nSPS) is 22.6. The Morgan fingerprint density at radius 3 is 2.43 bits per heavy atom. The molecule has 6 nitrogen and oxygen atoms in total. The second kappa shape index (κ2) is 12.0. The quantitative estimate of drug-likeness (QED) is 0.321. The molecule has 1 atom stereocenters. The first-order valence-electron chi connectivity index (χ1n) is 9.80. The van der Waals surface area contributed by atoms with E-state index in [4.69, 9.17) is 5.73 Å². The van der Waals surface area contributed by atoms with E-state index in [9.17, 15) is 18.0 Å². The summed E-state index contributed by atoms with van der Waals surface area (Å²) in [6.45, 7) is 2.67. The van der Waals surface area contributed by atoms with Crippen LogP contribution in [0.1, 0.15) is 38.5 Å². The number of piperidine rings is 2. The minimum atomic E-state index is -4.11. The first-order chi connectivity index (χ1) is 12.8. The van der Waals surface area contributed by atoms with E-state index in [1.165, 1.54) is 4.90 Å². The average Bonchev–Trinajstić information content (AvgIpc) is 2.58. The summed E-state index contributed by atoms with van der Waals surface area (Å²) in [5.74, 6) is 1.29. The molecule has 0 radical (unpaired) electrons. The smallest absolute Gasteiger partial charge is 0.370 e. The number of hydrogen-bond acceptors (Lipinski definition) is 3. The first-order valence-corrected chi connectivity index (χ1v) is 9.80. The van der Waals surface area contributed by atoms with E-state index in [1.54, 1.807) is 7.05 Å². The van der Waals surface area contributed by atoms with Crippen LogP contribution in [0.3, 0.4) is 0 Å². The van der Waals surface area contributed by atoms with Crippen molar-refractivity contribution in [3.05, 3.63) is 0 Å². The van der Waals surface area contributed by atoms with E-state index in [0.29, 0.717) is 25.4 Å². The van der Waals surface area contributed by atoms with Crippen molar-refractivity contribution < 1.29 is 18.0 Å². The molecule has 0 bridgehead atoms. The molecule has 2 heterocycles. The van der Waals surface area contributed by atoms with Gasteiger partial charge in [0.1, 0.15) is 0 Å². The Labute approximate surface area is 182 Å². The molecule has 2 rings (SSSR count). The van der Waals surface area contributed by atoms with Crippen LogP contribution in [0.5, 0.6) is 0 Å². The molecular weight excluding hydrogens is 486 g/mol. The summed E-state index contributed by atoms with van der Waals surface area (Å²) in [7, 11) is 1.75. The highest BCUT2D eigenvalue weighted by atomic mass is 127. The Kier molecular flexibility index (Phi) is 10.9. The zero-order chi connectivity index (χ0) is 19.9. The van der Waals surface area contributed by atoms with Crippen molar-refractivity contribution in [3.63, 3.8) is 0 Å². The van der Waals surface area contributed by atoms with Crippen LogP contribution in [0.25, 0.3) is 0 Å². The topological polar surface area (TPSA) is 74.0 Å². The van der Waals surface area contributed by atoms with Gasteiger partial charge >= 0.3 is 6.18 Å². The average molecular weight is 519 g/mol. The van der Waals surface area contributed by atoms with E-state index in [1.807, 2.05) is 0 Å². The first kappa shape index (κ1) is 25.3. The third-order valence-corrected chi connectivity index (χ3v) is 5.47. The number of nitrogens with one attached hydrogen (secondary N) is 1. The van der Waals surface area contributed by atoms with Gasteiger partial charge in [0.15, 0.2) is 5.96 Å². The highest BCUT2D eigenvalue weighted by Crippen LogP contribution is 2.24. The number of nitrogens with two attached hydrogens (primary N) is 1. The largest absolute Gasteiger partial charge is 0.401 e. The Bertz CT molecular complexity index is 510. The summed E-state index contributed by atoms with van der Waals surface area (Å²) in [6.07, 6.45) is 0.855. The number of rotatable bonds is 6. The molecule has 0 aromatic carbocycles. The number of aliphatic imine (C=N–C) groups is 1. The molecule has 2 fully saturated rings. The van der Waals surface area contributed by atoms with E-state index >= 15 is 0 Å². The highest BCUT2D eigenvalue weighted by Gasteiger charge is 2.32. The lowest BCUT2D eigenvalue weighted by molar-refractivity contribution is -0.148. The van der Waals surface area contributed by atoms with Crippen LogP contribution >= 0.6 is 24.0 Å². The minimum Gasteiger partial charge on any atom is -0.370 e. The summed E-state index contributed by atoms with van der Waals surface area (Å²) < 4.78 is 37.3. The van der Waals surface area contributed by atoms with Crippen molar-refractivity contribution in [2.75, 3.05) is 46.3 Å². The molecule has 164 valence electrons. The minimum absolute atomic E-state index is 0. The van der Waals surface area contributed by atoms with Crippen molar-refractivity contribution >= 4 is 35.8 Å². The van der Waals surface area contributed by atoms with Crippen LogP contribution in [0.4, 0.5) is 13.2 Å². The van der Waals surface area contributed by atoms with Gasteiger partial charge in [-0.1, -0.05) is 0 Å². The van der Waals surface area contributed by atoms with Gasteiger partial charge in [-0.05, 0) is 57.0 Å². The van der Waals surface area contributed by atoms with Gasteiger partial charge in [0.25, 0.3) is 0 Å². The van der Waals surface area contributed by atoms with E-state index in [2.05, 4.69) is 15.2 Å². The molecule has 10 heteroatoms. The zero-order valence-electron chi connectivity index (χ0n) is 16.5. The number of halogens is 4. The van der Waals surface area contributed by atoms with Crippen LogP contribution in [0.15, 0.2) is 4.99 Å². The van der Waals surface area contributed by atoms with Crippen molar-refractivity contribution in [1.29, 1.82) is 0 Å². The molecule has 1 amide bonds. The molecule has 2 saturated heterocycles. The fourth-order valence-corrected chi connectivity index (χ4v) is 4.12. The van der Waals surface area contributed by atoms with Gasteiger partial charge in [-0.3, -0.25) is 14.7 Å². The molecule has 0 aliphatic carbocycles. The number of nitrogens with zero attached hydrogens (tertiary/aromatic N) is 3. The van der Waals surface area contributed by atoms with E-state index in [0.717, 1.165) is 57.7 Å². The summed E-state index contributed by atoms with van der Waals surface area (Å²) >= 11 is 0. The van der Waals surface area contributed by atoms with E-state index < -0.39 is 12.7 Å². The number of carbonyl (C=O) groups is 1. The lowest BCUT2D eigenvalue weighted by atomic mass is 9.93. The maximum atomic E-state index is 12.4. The maximum absolute atomic E-state index is 12.4. The van der Waals surface area contributed by atoms with Gasteiger partial charge in [0.05, 0.1) is 6.54 Å². The Morgan fingerprint density at radius 1 is 1.18 bits per heavy atom. The van der Waals surface area contributed by atoms with Crippen molar-refractivity contribution in [2.24, 2.45) is 22.6 Å². The monoisotopic (exact) mass is 519 g/mol. The Morgan fingerprint density at radius 2 is 1.86 bits per heavy atom. The third kappa shape index (κ3) is 9.15. The molecule has 0 aromatic rings. The summed E-state index contributed by atoms with van der Waals surface area (Å²) in [6, 6.07) is 0. The number of guanidine groups is 1. The predicted octanol–water partition coefficient (Wildman–Crippen LogP) is 2.43. The highest BCUT2D eigenvalue weighted by molar-refractivity contribution is 14.0. The third-order valence-electron chi connectivity index (χ3n) is 5.47. The molecule has 0 aromatic heterocycles. The summed E-state index contributed by atoms with van der Waals surface area (Å²) in [5.41, 5.74) is 5.31. The van der Waals surface area contributed by atoms with E-state index in [-0.39, 0.29) is 35.8 Å². The molecule has 2 aliphatic rings. The number of primary amides is 1. The second-order valence-electron chi connectivity index (χ2n) is 7.72. The fraction of sp³-hybridized carbons (Fsp3) is 0.889. The fourth-order valence-electron chi connectivity index (χ4n) is 4.12. The number of carbonyl (C=O) groups excluding carboxylic acids is 1. The van der Waals surface area contributed by atoms with Crippen LogP contribution in [0.2, 0.25) is 0 Å². The van der Waals surface area contributed by atoms with Crippen LogP contribution < -0.4 is 11.1 Å². The van der Waals surface area contributed by atoms with Gasteiger partial charge in [-0.25, -0.2) is 0 Å². The standard InChI is InChI=1S/C18H32F3N5O.HI/c1-23-17(26-8-2-3-15(12-26)11-16(22)27)24-7-4-14-5-9-25(10-6-14)13-18(19,20)21;/h14-15H,2-13H2,1H3,(H2,22,27)(H,23,24);1H. The summed E-state index contributed by atoms with van der Waals surface area (Å²) in [4.78, 5) is 19.2. The van der Waals surface area contributed by atoms with Crippen molar-refractivity contribution in [1.82, 2.24) is 15.1 Å². The Balaban J connectivity index is 0.00000392. The SMILES string of the molecule is CN=C(NCCC1CCN(CC(F)(F)F)CC1)N1CCCC(CC(N)=O)C1.I. The van der Waals surface area contributed by atoms with Crippen LogP contribution in [-0.4, -0.2) is 74.2 Å². The lowest BCUT2D eigenvalue weighted by Crippen LogP contribution is -2.47. The maximum Gasteiger partial charge on any atom is 0.401 e. The summed E-state index contributed by atoms with van der Waals surface area (Å²) in [5, 5.41) is 3.38. The number of amides is 1. The lowest BCUT2D eigenvalue weighted by Gasteiger charge is -2.35. The molecular formula is C18H33F3IN5O. The molecule has 2 aliphatic heterocycles.